The first-order chi connectivity index (χ1) is 17.1. The molecule has 0 saturated heterocycles. The Kier molecular flexibility index (Phi) is 9.56. The van der Waals surface area contributed by atoms with Crippen LogP contribution in [-0.2, 0) is 28.9 Å². The second kappa shape index (κ2) is 12.4. The van der Waals surface area contributed by atoms with Gasteiger partial charge in [-0.15, -0.1) is 0 Å². The Balaban J connectivity index is 1.83. The molecule has 1 fully saturated rings. The summed E-state index contributed by atoms with van der Waals surface area (Å²) in [5.41, 5.74) is 4.63. The van der Waals surface area contributed by atoms with Crippen LogP contribution < -0.4 is 21.7 Å². The van der Waals surface area contributed by atoms with E-state index in [-0.39, 0.29) is 17.2 Å². The van der Waals surface area contributed by atoms with Crippen LogP contribution in [0, 0.1) is 5.92 Å². The Labute approximate surface area is 213 Å². The Morgan fingerprint density at radius 2 is 1.64 bits per heavy atom. The van der Waals surface area contributed by atoms with E-state index < -0.39 is 23.5 Å². The second-order valence-electron chi connectivity index (χ2n) is 11.0. The summed E-state index contributed by atoms with van der Waals surface area (Å²) in [4.78, 5) is 51.3. The lowest BCUT2D eigenvalue weighted by molar-refractivity contribution is -0.138. The maximum atomic E-state index is 13.6. The average Bonchev–Trinajstić information content (AvgIpc) is 2.80. The Hall–Kier alpha value is -2.84. The van der Waals surface area contributed by atoms with Crippen molar-refractivity contribution in [3.05, 3.63) is 33.2 Å². The highest BCUT2D eigenvalue weighted by Crippen LogP contribution is 2.27. The van der Waals surface area contributed by atoms with Gasteiger partial charge in [0.2, 0.25) is 0 Å². The van der Waals surface area contributed by atoms with E-state index in [0.29, 0.717) is 12.5 Å². The van der Waals surface area contributed by atoms with Crippen LogP contribution in [0.4, 0.5) is 4.79 Å². The van der Waals surface area contributed by atoms with Gasteiger partial charge in [-0.2, -0.15) is 0 Å². The van der Waals surface area contributed by atoms with Gasteiger partial charge in [-0.25, -0.2) is 15.0 Å². The van der Waals surface area contributed by atoms with E-state index in [1.54, 1.807) is 19.9 Å². The molecule has 200 valence electrons. The molecule has 0 aromatic carbocycles. The quantitative estimate of drug-likeness (QED) is 0.404. The molecule has 3 amide bonds. The van der Waals surface area contributed by atoms with Gasteiger partial charge < -0.3 is 14.6 Å². The summed E-state index contributed by atoms with van der Waals surface area (Å²) in [6.07, 6.45) is 11.8. The lowest BCUT2D eigenvalue weighted by atomic mass is 9.88. The number of esters is 1. The van der Waals surface area contributed by atoms with Crippen molar-refractivity contribution in [2.45, 2.75) is 117 Å². The van der Waals surface area contributed by atoms with Gasteiger partial charge in [-0.3, -0.25) is 15.0 Å². The predicted octanol–water partition coefficient (Wildman–Crippen LogP) is 3.76. The molecule has 0 unspecified atom stereocenters. The molecule has 1 heterocycles. The summed E-state index contributed by atoms with van der Waals surface area (Å²) in [6, 6.07) is 0.999. The summed E-state index contributed by atoms with van der Waals surface area (Å²) < 4.78 is 7.37. The number of hydrogen-bond acceptors (Lipinski definition) is 5. The van der Waals surface area contributed by atoms with E-state index in [4.69, 9.17) is 4.74 Å². The zero-order valence-corrected chi connectivity index (χ0v) is 22.2. The standard InChI is InChI=1S/C27H42N4O5/c1-18(2)28-26(35)30-29-25(34)27(3,4)36-24(33)21-16-20-14-10-5-6-11-15-22(20)31(23(21)32)17-19-12-8-7-9-13-19/h16,18-19H,5-15,17H2,1-4H3,(H,29,34)(H2,28,30,35). The van der Waals surface area contributed by atoms with Gasteiger partial charge in [-0.05, 0) is 83.8 Å². The first kappa shape index (κ1) is 27.7. The minimum atomic E-state index is -1.60. The van der Waals surface area contributed by atoms with Crippen molar-refractivity contribution in [2.24, 2.45) is 5.92 Å². The maximum Gasteiger partial charge on any atom is 0.344 e. The molecule has 3 N–H and O–H groups in total. The van der Waals surface area contributed by atoms with E-state index in [1.807, 2.05) is 4.57 Å². The first-order valence-electron chi connectivity index (χ1n) is 13.4. The van der Waals surface area contributed by atoms with Gasteiger partial charge in [0.1, 0.15) is 5.56 Å². The van der Waals surface area contributed by atoms with E-state index in [9.17, 15) is 19.2 Å². The second-order valence-corrected chi connectivity index (χ2v) is 11.0. The van der Waals surface area contributed by atoms with Crippen molar-refractivity contribution >= 4 is 17.9 Å². The molecular formula is C27H42N4O5. The predicted molar refractivity (Wildman–Crippen MR) is 138 cm³/mol. The summed E-state index contributed by atoms with van der Waals surface area (Å²) in [5.74, 6) is -1.10. The maximum absolute atomic E-state index is 13.6. The number of hydrazine groups is 1. The van der Waals surface area contributed by atoms with Crippen molar-refractivity contribution < 1.29 is 19.1 Å². The van der Waals surface area contributed by atoms with Crippen LogP contribution >= 0.6 is 0 Å². The number of nitrogens with one attached hydrogen (secondary N) is 3. The van der Waals surface area contributed by atoms with E-state index in [2.05, 4.69) is 16.2 Å². The molecule has 0 radical (unpaired) electrons. The van der Waals surface area contributed by atoms with Crippen LogP contribution in [0.15, 0.2) is 10.9 Å². The number of aryl methyl sites for hydroxylation is 1. The highest BCUT2D eigenvalue weighted by molar-refractivity contribution is 5.94. The molecular weight excluding hydrogens is 460 g/mol. The number of pyridine rings is 1. The number of ether oxygens (including phenoxy) is 1. The number of fused-ring (bicyclic) bond motifs is 1. The topological polar surface area (TPSA) is 119 Å². The van der Waals surface area contributed by atoms with Crippen LogP contribution in [0.5, 0.6) is 0 Å². The number of nitrogens with zero attached hydrogens (tertiary/aromatic N) is 1. The molecule has 1 aromatic heterocycles. The molecule has 3 rings (SSSR count). The summed E-state index contributed by atoms with van der Waals surface area (Å²) in [6.45, 7) is 7.06. The average molecular weight is 503 g/mol. The van der Waals surface area contributed by atoms with Gasteiger partial charge >= 0.3 is 12.0 Å². The van der Waals surface area contributed by atoms with Gasteiger partial charge in [0.25, 0.3) is 11.5 Å². The van der Waals surface area contributed by atoms with Crippen LogP contribution in [0.1, 0.15) is 107 Å². The SMILES string of the molecule is CC(C)NC(=O)NNC(=O)C(C)(C)OC(=O)c1cc2c(n(CC3CCCCC3)c1=O)CCCCCC2. The fourth-order valence-corrected chi connectivity index (χ4v) is 5.10. The van der Waals surface area contributed by atoms with Crippen molar-refractivity contribution in [1.29, 1.82) is 0 Å². The minimum absolute atomic E-state index is 0.0310. The normalized spacial score (nSPS) is 16.9. The summed E-state index contributed by atoms with van der Waals surface area (Å²) >= 11 is 0. The number of urea groups is 1. The molecule has 0 atom stereocenters. The number of aromatic nitrogens is 1. The molecule has 1 aromatic rings. The van der Waals surface area contributed by atoms with Gasteiger partial charge in [0, 0.05) is 18.3 Å². The molecule has 0 spiro atoms. The smallest absolute Gasteiger partial charge is 0.344 e. The molecule has 2 aliphatic carbocycles. The van der Waals surface area contributed by atoms with E-state index in [0.717, 1.165) is 62.6 Å². The molecule has 1 saturated carbocycles. The summed E-state index contributed by atoms with van der Waals surface area (Å²) in [7, 11) is 0. The van der Waals surface area contributed by atoms with Gasteiger partial charge in [0.05, 0.1) is 0 Å². The lowest BCUT2D eigenvalue weighted by Gasteiger charge is -2.27. The van der Waals surface area contributed by atoms with Crippen LogP contribution in [0.2, 0.25) is 0 Å². The first-order valence-corrected chi connectivity index (χ1v) is 13.4. The lowest BCUT2D eigenvalue weighted by Crippen LogP contribution is -2.55. The fraction of sp³-hybridized carbons (Fsp3) is 0.704. The van der Waals surface area contributed by atoms with Crippen molar-refractivity contribution in [2.75, 3.05) is 0 Å². The number of carbonyl (C=O) groups is 3. The minimum Gasteiger partial charge on any atom is -0.446 e. The highest BCUT2D eigenvalue weighted by Gasteiger charge is 2.34. The largest absolute Gasteiger partial charge is 0.446 e. The van der Waals surface area contributed by atoms with Crippen LogP contribution in [0.3, 0.4) is 0 Å². The molecule has 0 bridgehead atoms. The number of carbonyl (C=O) groups excluding carboxylic acids is 3. The number of rotatable bonds is 6. The molecule has 0 aliphatic heterocycles. The van der Waals surface area contributed by atoms with Crippen molar-refractivity contribution in [3.8, 4) is 0 Å². The van der Waals surface area contributed by atoms with E-state index in [1.165, 1.54) is 33.1 Å². The monoisotopic (exact) mass is 502 g/mol. The van der Waals surface area contributed by atoms with Crippen molar-refractivity contribution in [1.82, 2.24) is 20.7 Å². The third kappa shape index (κ3) is 7.34. The fourth-order valence-electron chi connectivity index (χ4n) is 5.10. The number of amides is 3. The number of hydrogen-bond donors (Lipinski definition) is 3. The third-order valence-corrected chi connectivity index (χ3v) is 7.09. The van der Waals surface area contributed by atoms with Gasteiger partial charge in [0.15, 0.2) is 5.60 Å². The molecule has 36 heavy (non-hydrogen) atoms. The Morgan fingerprint density at radius 3 is 2.31 bits per heavy atom. The van der Waals surface area contributed by atoms with Crippen molar-refractivity contribution in [3.63, 3.8) is 0 Å². The van der Waals surface area contributed by atoms with Crippen LogP contribution in [-0.4, -0.2) is 34.1 Å². The molecule has 2 aliphatic rings. The Morgan fingerprint density at radius 1 is 1.00 bits per heavy atom. The molecule has 9 heteroatoms. The van der Waals surface area contributed by atoms with E-state index >= 15 is 0 Å². The summed E-state index contributed by atoms with van der Waals surface area (Å²) in [5, 5.41) is 2.59. The zero-order valence-electron chi connectivity index (χ0n) is 22.2. The third-order valence-electron chi connectivity index (χ3n) is 7.09. The van der Waals surface area contributed by atoms with Crippen LogP contribution in [0.25, 0.3) is 0 Å². The highest BCUT2D eigenvalue weighted by atomic mass is 16.6. The Bertz CT molecular complexity index is 1010. The van der Waals surface area contributed by atoms with Gasteiger partial charge in [-0.1, -0.05) is 32.1 Å². The zero-order chi connectivity index (χ0) is 26.3. The molecule has 9 nitrogen and oxygen atoms in total.